The van der Waals surface area contributed by atoms with Gasteiger partial charge in [-0.25, -0.2) is 9.37 Å². The van der Waals surface area contributed by atoms with Crippen LogP contribution in [-0.2, 0) is 0 Å². The topological polar surface area (TPSA) is 85.1 Å². The molecule has 0 bridgehead atoms. The normalized spacial score (nSPS) is 10.2. The summed E-state index contributed by atoms with van der Waals surface area (Å²) >= 11 is 5.66. The van der Waals surface area contributed by atoms with Gasteiger partial charge in [-0.1, -0.05) is 11.6 Å². The first-order chi connectivity index (χ1) is 9.86. The van der Waals surface area contributed by atoms with Crippen LogP contribution in [0, 0.1) is 22.9 Å². The summed E-state index contributed by atoms with van der Waals surface area (Å²) in [5.74, 6) is -1.58. The standard InChI is InChI=1S/C13H9ClFN3O3/c1-7-4-8(6-9(15)5-7)13(19)17-12-10(18(20)21)2-3-11(14)16-12/h2-6H,1H3,(H,16,17,19). The molecule has 0 aliphatic carbocycles. The molecule has 1 N–H and O–H groups in total. The van der Waals surface area contributed by atoms with Gasteiger partial charge in [0.25, 0.3) is 5.91 Å². The van der Waals surface area contributed by atoms with Crippen molar-refractivity contribution in [3.8, 4) is 0 Å². The first-order valence-corrected chi connectivity index (χ1v) is 6.14. The van der Waals surface area contributed by atoms with E-state index in [1.807, 2.05) is 0 Å². The zero-order valence-corrected chi connectivity index (χ0v) is 11.5. The van der Waals surface area contributed by atoms with Crippen LogP contribution in [0.25, 0.3) is 0 Å². The summed E-state index contributed by atoms with van der Waals surface area (Å²) in [5, 5.41) is 13.1. The monoisotopic (exact) mass is 309 g/mol. The van der Waals surface area contributed by atoms with Gasteiger partial charge >= 0.3 is 5.69 Å². The zero-order chi connectivity index (χ0) is 15.6. The molecule has 1 aromatic heterocycles. The molecular weight excluding hydrogens is 301 g/mol. The number of aromatic nitrogens is 1. The molecule has 0 fully saturated rings. The zero-order valence-electron chi connectivity index (χ0n) is 10.8. The number of amides is 1. The van der Waals surface area contributed by atoms with Gasteiger partial charge in [-0.15, -0.1) is 0 Å². The van der Waals surface area contributed by atoms with Gasteiger partial charge in [0.05, 0.1) is 4.92 Å². The van der Waals surface area contributed by atoms with E-state index in [2.05, 4.69) is 10.3 Å². The minimum Gasteiger partial charge on any atom is -0.301 e. The number of anilines is 1. The Morgan fingerprint density at radius 3 is 2.71 bits per heavy atom. The predicted octanol–water partition coefficient (Wildman–Crippen LogP) is 3.34. The highest BCUT2D eigenvalue weighted by molar-refractivity contribution is 6.29. The van der Waals surface area contributed by atoms with Crippen LogP contribution in [0.1, 0.15) is 15.9 Å². The van der Waals surface area contributed by atoms with Crippen molar-refractivity contribution in [1.82, 2.24) is 4.98 Å². The smallest absolute Gasteiger partial charge is 0.301 e. The summed E-state index contributed by atoms with van der Waals surface area (Å²) in [5.41, 5.74) is 0.179. The number of nitrogens with zero attached hydrogens (tertiary/aromatic N) is 2. The van der Waals surface area contributed by atoms with Crippen LogP contribution in [0.2, 0.25) is 5.15 Å². The number of carbonyl (C=O) groups is 1. The summed E-state index contributed by atoms with van der Waals surface area (Å²) < 4.78 is 13.3. The maximum absolute atomic E-state index is 13.3. The number of rotatable bonds is 3. The average Bonchev–Trinajstić information content (AvgIpc) is 2.37. The van der Waals surface area contributed by atoms with Gasteiger partial charge in [-0.05, 0) is 36.8 Å². The molecule has 0 aliphatic heterocycles. The second kappa shape index (κ2) is 5.84. The molecular formula is C13H9ClFN3O3. The van der Waals surface area contributed by atoms with Gasteiger partial charge in [0, 0.05) is 11.6 Å². The van der Waals surface area contributed by atoms with Gasteiger partial charge in [0.15, 0.2) is 0 Å². The van der Waals surface area contributed by atoms with Crippen LogP contribution < -0.4 is 5.32 Å². The summed E-state index contributed by atoms with van der Waals surface area (Å²) in [6.07, 6.45) is 0. The number of nitrogens with one attached hydrogen (secondary N) is 1. The van der Waals surface area contributed by atoms with Crippen LogP contribution in [-0.4, -0.2) is 15.8 Å². The van der Waals surface area contributed by atoms with Gasteiger partial charge < -0.3 is 5.32 Å². The molecule has 0 atom stereocenters. The van der Waals surface area contributed by atoms with Crippen molar-refractivity contribution in [1.29, 1.82) is 0 Å². The number of benzene rings is 1. The fourth-order valence-corrected chi connectivity index (χ4v) is 1.86. The fraction of sp³-hybridized carbons (Fsp3) is 0.0769. The SMILES string of the molecule is Cc1cc(F)cc(C(=O)Nc2nc(Cl)ccc2[N+](=O)[O-])c1. The van der Waals surface area contributed by atoms with E-state index in [0.717, 1.165) is 12.1 Å². The van der Waals surface area contributed by atoms with Crippen LogP contribution in [0.5, 0.6) is 0 Å². The molecule has 0 saturated heterocycles. The molecule has 0 radical (unpaired) electrons. The number of hydrogen-bond donors (Lipinski definition) is 1. The van der Waals surface area contributed by atoms with Crippen LogP contribution in [0.15, 0.2) is 30.3 Å². The summed E-state index contributed by atoms with van der Waals surface area (Å²) in [7, 11) is 0. The lowest BCUT2D eigenvalue weighted by molar-refractivity contribution is -0.384. The van der Waals surface area contributed by atoms with E-state index in [1.54, 1.807) is 6.92 Å². The molecule has 0 unspecified atom stereocenters. The number of carbonyl (C=O) groups excluding carboxylic acids is 1. The lowest BCUT2D eigenvalue weighted by Gasteiger charge is -2.06. The molecule has 2 rings (SSSR count). The maximum Gasteiger partial charge on any atom is 0.311 e. The summed E-state index contributed by atoms with van der Waals surface area (Å²) in [6.45, 7) is 1.62. The maximum atomic E-state index is 13.3. The second-order valence-corrected chi connectivity index (χ2v) is 4.62. The van der Waals surface area contributed by atoms with Crippen LogP contribution >= 0.6 is 11.6 Å². The van der Waals surface area contributed by atoms with Gasteiger partial charge in [-0.3, -0.25) is 14.9 Å². The molecule has 21 heavy (non-hydrogen) atoms. The largest absolute Gasteiger partial charge is 0.311 e. The third-order valence-electron chi connectivity index (χ3n) is 2.57. The average molecular weight is 310 g/mol. The lowest BCUT2D eigenvalue weighted by Crippen LogP contribution is -2.15. The Bertz CT molecular complexity index is 716. The Labute approximate surface area is 123 Å². The van der Waals surface area contributed by atoms with Crippen molar-refractivity contribution in [2.45, 2.75) is 6.92 Å². The number of aryl methyl sites for hydroxylation is 1. The van der Waals surface area contributed by atoms with Gasteiger partial charge in [0.1, 0.15) is 11.0 Å². The van der Waals surface area contributed by atoms with E-state index in [-0.39, 0.29) is 16.5 Å². The van der Waals surface area contributed by atoms with E-state index in [1.165, 1.54) is 18.2 Å². The third-order valence-corrected chi connectivity index (χ3v) is 2.78. The van der Waals surface area contributed by atoms with E-state index in [4.69, 9.17) is 11.6 Å². The Morgan fingerprint density at radius 1 is 1.38 bits per heavy atom. The van der Waals surface area contributed by atoms with E-state index in [9.17, 15) is 19.3 Å². The van der Waals surface area contributed by atoms with E-state index in [0.29, 0.717) is 5.56 Å². The fourth-order valence-electron chi connectivity index (χ4n) is 1.71. The number of nitro groups is 1. The molecule has 2 aromatic rings. The van der Waals surface area contributed by atoms with Crippen molar-refractivity contribution in [2.75, 3.05) is 5.32 Å². The minimum absolute atomic E-state index is 0.00803. The number of halogens is 2. The van der Waals surface area contributed by atoms with Gasteiger partial charge in [-0.2, -0.15) is 0 Å². The third kappa shape index (κ3) is 3.51. The summed E-state index contributed by atoms with van der Waals surface area (Å²) in [4.78, 5) is 25.9. The van der Waals surface area contributed by atoms with Crippen molar-refractivity contribution in [3.63, 3.8) is 0 Å². The molecule has 0 aliphatic rings. The number of hydrogen-bond acceptors (Lipinski definition) is 4. The Morgan fingerprint density at radius 2 is 2.10 bits per heavy atom. The van der Waals surface area contributed by atoms with Crippen LogP contribution in [0.4, 0.5) is 15.9 Å². The summed E-state index contributed by atoms with van der Waals surface area (Å²) in [6, 6.07) is 6.10. The number of pyridine rings is 1. The quantitative estimate of drug-likeness (QED) is 0.535. The first-order valence-electron chi connectivity index (χ1n) is 5.76. The molecule has 108 valence electrons. The predicted molar refractivity (Wildman–Crippen MR) is 75.0 cm³/mol. The highest BCUT2D eigenvalue weighted by Crippen LogP contribution is 2.24. The van der Waals surface area contributed by atoms with Crippen molar-refractivity contribution in [2.24, 2.45) is 0 Å². The van der Waals surface area contributed by atoms with Crippen molar-refractivity contribution in [3.05, 3.63) is 62.5 Å². The van der Waals surface area contributed by atoms with Crippen molar-refractivity contribution < 1.29 is 14.1 Å². The molecule has 8 heteroatoms. The van der Waals surface area contributed by atoms with Crippen LogP contribution in [0.3, 0.4) is 0 Å². The molecule has 6 nitrogen and oxygen atoms in total. The first kappa shape index (κ1) is 14.9. The second-order valence-electron chi connectivity index (χ2n) is 4.23. The minimum atomic E-state index is -0.713. The highest BCUT2D eigenvalue weighted by Gasteiger charge is 2.19. The highest BCUT2D eigenvalue weighted by atomic mass is 35.5. The Balaban J connectivity index is 2.35. The van der Waals surface area contributed by atoms with E-state index < -0.39 is 22.3 Å². The van der Waals surface area contributed by atoms with Gasteiger partial charge in [0.2, 0.25) is 5.82 Å². The molecule has 1 amide bonds. The van der Waals surface area contributed by atoms with Crippen molar-refractivity contribution >= 4 is 29.0 Å². The molecule has 0 saturated carbocycles. The van der Waals surface area contributed by atoms with E-state index >= 15 is 0 Å². The molecule has 1 aromatic carbocycles. The molecule has 1 heterocycles. The Hall–Kier alpha value is -2.54. The lowest BCUT2D eigenvalue weighted by atomic mass is 10.1. The Kier molecular flexibility index (Phi) is 4.13. The molecule has 0 spiro atoms.